The summed E-state index contributed by atoms with van der Waals surface area (Å²) in [4.78, 5) is 2.52. The normalized spacial score (nSPS) is 16.0. The summed E-state index contributed by atoms with van der Waals surface area (Å²) < 4.78 is 0. The zero-order valence-corrected chi connectivity index (χ0v) is 11.0. The zero-order valence-electron chi connectivity index (χ0n) is 11.0. The van der Waals surface area contributed by atoms with Crippen LogP contribution in [0.4, 0.5) is 5.69 Å². The van der Waals surface area contributed by atoms with Crippen molar-refractivity contribution >= 4 is 5.69 Å². The minimum atomic E-state index is 0.569. The van der Waals surface area contributed by atoms with Crippen LogP contribution in [-0.4, -0.2) is 12.6 Å². The van der Waals surface area contributed by atoms with Gasteiger partial charge in [0.1, 0.15) is 0 Å². The Morgan fingerprint density at radius 2 is 1.88 bits per heavy atom. The fourth-order valence-corrected chi connectivity index (χ4v) is 2.39. The van der Waals surface area contributed by atoms with Gasteiger partial charge >= 0.3 is 0 Å². The van der Waals surface area contributed by atoms with Gasteiger partial charge in [-0.15, -0.1) is 0 Å². The summed E-state index contributed by atoms with van der Waals surface area (Å²) in [6.45, 7) is 6.38. The predicted molar refractivity (Wildman–Crippen MR) is 74.2 cm³/mol. The fourth-order valence-electron chi connectivity index (χ4n) is 2.39. The molecule has 0 unspecified atom stereocenters. The van der Waals surface area contributed by atoms with Gasteiger partial charge in [-0.2, -0.15) is 0 Å². The molecule has 2 heteroatoms. The molecule has 1 aromatic carbocycles. The number of hydrogen-bond acceptors (Lipinski definition) is 2. The molecule has 0 bridgehead atoms. The maximum atomic E-state index is 5.63. The summed E-state index contributed by atoms with van der Waals surface area (Å²) in [5.41, 5.74) is 8.18. The quantitative estimate of drug-likeness (QED) is 0.845. The molecule has 1 aromatic rings. The van der Waals surface area contributed by atoms with Gasteiger partial charge in [-0.05, 0) is 50.3 Å². The summed E-state index contributed by atoms with van der Waals surface area (Å²) >= 11 is 0. The van der Waals surface area contributed by atoms with Crippen molar-refractivity contribution in [1.29, 1.82) is 0 Å². The van der Waals surface area contributed by atoms with Gasteiger partial charge in [0.15, 0.2) is 0 Å². The van der Waals surface area contributed by atoms with Gasteiger partial charge in [-0.25, -0.2) is 0 Å². The number of rotatable bonds is 5. The van der Waals surface area contributed by atoms with Crippen LogP contribution in [0.1, 0.15) is 38.7 Å². The molecule has 1 aliphatic rings. The highest BCUT2D eigenvalue weighted by Gasteiger charge is 2.22. The molecule has 17 heavy (non-hydrogen) atoms. The van der Waals surface area contributed by atoms with E-state index in [1.165, 1.54) is 37.1 Å². The number of hydrogen-bond donors (Lipinski definition) is 1. The van der Waals surface area contributed by atoms with Gasteiger partial charge in [-0.3, -0.25) is 0 Å². The van der Waals surface area contributed by atoms with Gasteiger partial charge in [0.2, 0.25) is 0 Å². The van der Waals surface area contributed by atoms with Crippen molar-refractivity contribution in [2.45, 2.75) is 45.7 Å². The summed E-state index contributed by atoms with van der Waals surface area (Å²) in [6, 6.07) is 9.28. The van der Waals surface area contributed by atoms with Crippen LogP contribution in [0, 0.1) is 5.92 Å². The largest absolute Gasteiger partial charge is 0.369 e. The van der Waals surface area contributed by atoms with Crippen LogP contribution in [-0.2, 0) is 6.54 Å². The van der Waals surface area contributed by atoms with Crippen LogP contribution in [0.15, 0.2) is 24.3 Å². The molecule has 2 nitrogen and oxygen atoms in total. The lowest BCUT2D eigenvalue weighted by Gasteiger charge is -2.36. The Bertz CT molecular complexity index is 338. The topological polar surface area (TPSA) is 29.3 Å². The van der Waals surface area contributed by atoms with Gasteiger partial charge < -0.3 is 10.6 Å². The lowest BCUT2D eigenvalue weighted by atomic mass is 9.85. The molecule has 2 rings (SSSR count). The van der Waals surface area contributed by atoms with Crippen molar-refractivity contribution in [1.82, 2.24) is 0 Å². The van der Waals surface area contributed by atoms with E-state index in [2.05, 4.69) is 43.0 Å². The van der Waals surface area contributed by atoms with Crippen LogP contribution in [0.5, 0.6) is 0 Å². The maximum absolute atomic E-state index is 5.63. The lowest BCUT2D eigenvalue weighted by molar-refractivity contribution is 0.313. The second-order valence-electron chi connectivity index (χ2n) is 5.41. The van der Waals surface area contributed by atoms with Gasteiger partial charge in [0.05, 0.1) is 0 Å². The van der Waals surface area contributed by atoms with Crippen molar-refractivity contribution < 1.29 is 0 Å². The molecule has 0 heterocycles. The van der Waals surface area contributed by atoms with E-state index >= 15 is 0 Å². The highest BCUT2D eigenvalue weighted by atomic mass is 15.2. The van der Waals surface area contributed by atoms with Crippen molar-refractivity contribution in [3.05, 3.63) is 29.8 Å². The molecule has 2 N–H and O–H groups in total. The predicted octanol–water partition coefficient (Wildman–Crippen LogP) is 3.16. The first-order chi connectivity index (χ1) is 8.20. The summed E-state index contributed by atoms with van der Waals surface area (Å²) in [6.07, 6.45) is 4.23. The Morgan fingerprint density at radius 3 is 2.29 bits per heavy atom. The highest BCUT2D eigenvalue weighted by molar-refractivity contribution is 5.48. The third kappa shape index (κ3) is 3.01. The molecule has 0 aliphatic heterocycles. The standard InChI is InChI=1S/C15H24N2/c1-12(2)17(11-14-4-3-5-14)15-8-6-13(10-16)7-9-15/h6-9,12,14H,3-5,10-11,16H2,1-2H3. The van der Waals surface area contributed by atoms with Crippen molar-refractivity contribution in [3.8, 4) is 0 Å². The summed E-state index contributed by atoms with van der Waals surface area (Å²) in [5.74, 6) is 0.909. The molecule has 1 saturated carbocycles. The van der Waals surface area contributed by atoms with Crippen LogP contribution >= 0.6 is 0 Å². The average molecular weight is 232 g/mol. The minimum Gasteiger partial charge on any atom is -0.369 e. The van der Waals surface area contributed by atoms with E-state index in [0.29, 0.717) is 12.6 Å². The lowest BCUT2D eigenvalue weighted by Crippen LogP contribution is -2.37. The summed E-state index contributed by atoms with van der Waals surface area (Å²) in [5, 5.41) is 0. The Labute approximate surface area is 105 Å². The smallest absolute Gasteiger partial charge is 0.0368 e. The number of anilines is 1. The van der Waals surface area contributed by atoms with E-state index in [1.54, 1.807) is 0 Å². The van der Waals surface area contributed by atoms with Crippen LogP contribution in [0.25, 0.3) is 0 Å². The van der Waals surface area contributed by atoms with Gasteiger partial charge in [0.25, 0.3) is 0 Å². The molecule has 0 atom stereocenters. The molecule has 0 amide bonds. The molecule has 0 spiro atoms. The highest BCUT2D eigenvalue weighted by Crippen LogP contribution is 2.30. The SMILES string of the molecule is CC(C)N(CC1CCC1)c1ccc(CN)cc1. The monoisotopic (exact) mass is 232 g/mol. The van der Waals surface area contributed by atoms with Crippen LogP contribution < -0.4 is 10.6 Å². The molecule has 1 fully saturated rings. The number of nitrogens with zero attached hydrogens (tertiary/aromatic N) is 1. The van der Waals surface area contributed by atoms with E-state index in [0.717, 1.165) is 5.92 Å². The molecule has 0 saturated heterocycles. The number of nitrogens with two attached hydrogens (primary N) is 1. The number of benzene rings is 1. The maximum Gasteiger partial charge on any atom is 0.0368 e. The van der Waals surface area contributed by atoms with Crippen molar-refractivity contribution in [2.24, 2.45) is 11.7 Å². The first kappa shape index (κ1) is 12.4. The van der Waals surface area contributed by atoms with E-state index in [1.807, 2.05) is 0 Å². The van der Waals surface area contributed by atoms with E-state index in [9.17, 15) is 0 Å². The third-order valence-corrected chi connectivity index (χ3v) is 3.81. The molecule has 0 aromatic heterocycles. The Hall–Kier alpha value is -1.02. The molecular weight excluding hydrogens is 208 g/mol. The van der Waals surface area contributed by atoms with Gasteiger partial charge in [0, 0.05) is 24.8 Å². The minimum absolute atomic E-state index is 0.569. The van der Waals surface area contributed by atoms with E-state index in [-0.39, 0.29) is 0 Å². The third-order valence-electron chi connectivity index (χ3n) is 3.81. The molecule has 0 radical (unpaired) electrons. The van der Waals surface area contributed by atoms with E-state index < -0.39 is 0 Å². The average Bonchev–Trinajstić information content (AvgIpc) is 2.27. The second-order valence-corrected chi connectivity index (χ2v) is 5.41. The van der Waals surface area contributed by atoms with Crippen molar-refractivity contribution in [2.75, 3.05) is 11.4 Å². The van der Waals surface area contributed by atoms with E-state index in [4.69, 9.17) is 5.73 Å². The molecular formula is C15H24N2. The Morgan fingerprint density at radius 1 is 1.24 bits per heavy atom. The fraction of sp³-hybridized carbons (Fsp3) is 0.600. The Kier molecular flexibility index (Phi) is 4.06. The zero-order chi connectivity index (χ0) is 12.3. The van der Waals surface area contributed by atoms with Crippen molar-refractivity contribution in [3.63, 3.8) is 0 Å². The summed E-state index contributed by atoms with van der Waals surface area (Å²) in [7, 11) is 0. The first-order valence-corrected chi connectivity index (χ1v) is 6.76. The Balaban J connectivity index is 2.07. The first-order valence-electron chi connectivity index (χ1n) is 6.76. The van der Waals surface area contributed by atoms with Gasteiger partial charge in [-0.1, -0.05) is 18.6 Å². The molecule has 1 aliphatic carbocycles. The molecule has 94 valence electrons. The second kappa shape index (κ2) is 5.54. The van der Waals surface area contributed by atoms with Crippen LogP contribution in [0.2, 0.25) is 0 Å². The van der Waals surface area contributed by atoms with Crippen LogP contribution in [0.3, 0.4) is 0 Å².